The molecule has 0 unspecified atom stereocenters. The highest BCUT2D eigenvalue weighted by atomic mass is 16.5. The van der Waals surface area contributed by atoms with E-state index in [4.69, 9.17) is 9.26 Å². The van der Waals surface area contributed by atoms with E-state index < -0.39 is 0 Å². The number of aryl methyl sites for hydroxylation is 2. The van der Waals surface area contributed by atoms with Crippen molar-refractivity contribution in [2.24, 2.45) is 0 Å². The molecule has 1 aromatic carbocycles. The van der Waals surface area contributed by atoms with Crippen LogP contribution < -0.4 is 20.9 Å². The first-order valence-electron chi connectivity index (χ1n) is 8.24. The standard InChI is InChI=1S/C19H20N4O2/c1-9(2)24-17-7-13-15(20-8-16-19(13)22-12(5)21-16)6-14(17)18-10(3)23-25-11(18)4/h6-9,20-21H,5H2,1-4H3. The van der Waals surface area contributed by atoms with E-state index in [1.165, 1.54) is 0 Å². The molecule has 4 rings (SSSR count). The quantitative estimate of drug-likeness (QED) is 0.769. The molecule has 6 nitrogen and oxygen atoms in total. The highest BCUT2D eigenvalue weighted by Gasteiger charge is 2.22. The Balaban J connectivity index is 1.98. The summed E-state index contributed by atoms with van der Waals surface area (Å²) in [5, 5.41) is 8.32. The van der Waals surface area contributed by atoms with Crippen LogP contribution in [0.1, 0.15) is 25.3 Å². The summed E-state index contributed by atoms with van der Waals surface area (Å²) in [7, 11) is 0. The fourth-order valence-electron chi connectivity index (χ4n) is 3.21. The van der Waals surface area contributed by atoms with Gasteiger partial charge in [-0.2, -0.15) is 0 Å². The van der Waals surface area contributed by atoms with Crippen molar-refractivity contribution in [3.8, 4) is 28.1 Å². The van der Waals surface area contributed by atoms with E-state index in [1.807, 2.05) is 40.0 Å². The lowest BCUT2D eigenvalue weighted by Gasteiger charge is -2.19. The summed E-state index contributed by atoms with van der Waals surface area (Å²) < 4.78 is 11.5. The number of fused-ring (bicyclic) bond motifs is 3. The zero-order valence-electron chi connectivity index (χ0n) is 14.7. The molecular weight excluding hydrogens is 316 g/mol. The van der Waals surface area contributed by atoms with Gasteiger partial charge in [0.05, 0.1) is 28.4 Å². The smallest absolute Gasteiger partial charge is 0.141 e. The minimum atomic E-state index is 0.0439. The SMILES string of the molecule is C=c1nc2c([nH]1)=CNc1cc(-c3c(C)noc3C)c(OC(C)C)cc1-2. The largest absolute Gasteiger partial charge is 0.490 e. The molecule has 0 aliphatic carbocycles. The fourth-order valence-corrected chi connectivity index (χ4v) is 3.21. The average Bonchev–Trinajstić information content (AvgIpc) is 3.08. The second-order valence-corrected chi connectivity index (χ2v) is 6.49. The van der Waals surface area contributed by atoms with Gasteiger partial charge < -0.3 is 19.6 Å². The number of H-pyrrole nitrogens is 1. The zero-order chi connectivity index (χ0) is 17.7. The number of benzene rings is 1. The number of anilines is 1. The Hall–Kier alpha value is -3.02. The van der Waals surface area contributed by atoms with E-state index in [0.717, 1.165) is 50.6 Å². The van der Waals surface area contributed by atoms with Crippen molar-refractivity contribution in [1.82, 2.24) is 15.1 Å². The van der Waals surface area contributed by atoms with Crippen LogP contribution in [0.25, 0.3) is 35.2 Å². The van der Waals surface area contributed by atoms with E-state index >= 15 is 0 Å². The monoisotopic (exact) mass is 336 g/mol. The third-order valence-corrected chi connectivity index (χ3v) is 4.19. The van der Waals surface area contributed by atoms with Crippen LogP contribution in [-0.4, -0.2) is 21.2 Å². The number of nitrogens with one attached hydrogen (secondary N) is 2. The van der Waals surface area contributed by atoms with E-state index in [9.17, 15) is 0 Å². The molecule has 128 valence electrons. The van der Waals surface area contributed by atoms with Gasteiger partial charge in [-0.3, -0.25) is 0 Å². The summed E-state index contributed by atoms with van der Waals surface area (Å²) >= 11 is 0. The number of imidazole rings is 1. The van der Waals surface area contributed by atoms with Gasteiger partial charge in [0.15, 0.2) is 0 Å². The van der Waals surface area contributed by atoms with Crippen molar-refractivity contribution < 1.29 is 9.26 Å². The summed E-state index contributed by atoms with van der Waals surface area (Å²) in [5.74, 6) is 1.55. The van der Waals surface area contributed by atoms with Crippen molar-refractivity contribution in [3.63, 3.8) is 0 Å². The highest BCUT2D eigenvalue weighted by molar-refractivity contribution is 5.89. The van der Waals surface area contributed by atoms with E-state index in [-0.39, 0.29) is 6.10 Å². The Bertz CT molecular complexity index is 1060. The van der Waals surface area contributed by atoms with Gasteiger partial charge >= 0.3 is 0 Å². The van der Waals surface area contributed by atoms with Crippen LogP contribution in [0.15, 0.2) is 16.7 Å². The molecule has 1 aliphatic heterocycles. The predicted molar refractivity (Wildman–Crippen MR) is 97.6 cm³/mol. The predicted octanol–water partition coefficient (Wildman–Crippen LogP) is 2.71. The maximum Gasteiger partial charge on any atom is 0.141 e. The molecule has 0 bridgehead atoms. The Morgan fingerprint density at radius 3 is 2.68 bits per heavy atom. The number of aromatic amines is 1. The number of aromatic nitrogens is 3. The molecule has 0 amide bonds. The summed E-state index contributed by atoms with van der Waals surface area (Å²) in [6.45, 7) is 11.8. The third-order valence-electron chi connectivity index (χ3n) is 4.19. The Labute approximate surface area is 145 Å². The molecule has 2 aromatic heterocycles. The molecule has 1 aliphatic rings. The van der Waals surface area contributed by atoms with E-state index in [1.54, 1.807) is 0 Å². The topological polar surface area (TPSA) is 76.0 Å². The number of rotatable bonds is 3. The van der Waals surface area contributed by atoms with Gasteiger partial charge in [-0.1, -0.05) is 11.7 Å². The third kappa shape index (κ3) is 2.50. The summed E-state index contributed by atoms with van der Waals surface area (Å²) in [4.78, 5) is 7.67. The van der Waals surface area contributed by atoms with Gasteiger partial charge in [0.2, 0.25) is 0 Å². The first-order chi connectivity index (χ1) is 11.9. The first-order valence-corrected chi connectivity index (χ1v) is 8.24. The molecule has 0 radical (unpaired) electrons. The average molecular weight is 336 g/mol. The number of hydrogen-bond donors (Lipinski definition) is 2. The maximum atomic E-state index is 6.11. The van der Waals surface area contributed by atoms with Crippen molar-refractivity contribution in [3.05, 3.63) is 34.4 Å². The minimum Gasteiger partial charge on any atom is -0.490 e. The van der Waals surface area contributed by atoms with Crippen LogP contribution in [0.2, 0.25) is 0 Å². The fraction of sp³-hybridized carbons (Fsp3) is 0.263. The number of ether oxygens (including phenoxy) is 1. The van der Waals surface area contributed by atoms with Gasteiger partial charge in [-0.05, 0) is 39.8 Å². The molecular formula is C19H20N4O2. The lowest BCUT2D eigenvalue weighted by atomic mass is 9.97. The number of hydrogen-bond acceptors (Lipinski definition) is 5. The van der Waals surface area contributed by atoms with E-state index in [2.05, 4.69) is 33.1 Å². The zero-order valence-corrected chi connectivity index (χ0v) is 14.7. The van der Waals surface area contributed by atoms with Gasteiger partial charge in [0, 0.05) is 23.0 Å². The normalized spacial score (nSPS) is 12.4. The van der Waals surface area contributed by atoms with Crippen LogP contribution in [0.5, 0.6) is 5.75 Å². The lowest BCUT2D eigenvalue weighted by molar-refractivity contribution is 0.243. The summed E-state index contributed by atoms with van der Waals surface area (Å²) in [6.07, 6.45) is 1.95. The molecule has 0 spiro atoms. The summed E-state index contributed by atoms with van der Waals surface area (Å²) in [6, 6.07) is 4.09. The molecule has 6 heteroatoms. The molecule has 0 atom stereocenters. The van der Waals surface area contributed by atoms with Gasteiger partial charge in [0.1, 0.15) is 17.0 Å². The highest BCUT2D eigenvalue weighted by Crippen LogP contribution is 2.41. The van der Waals surface area contributed by atoms with Crippen molar-refractivity contribution >= 4 is 18.5 Å². The molecule has 3 heterocycles. The number of nitrogens with zero attached hydrogens (tertiary/aromatic N) is 2. The molecule has 0 saturated heterocycles. The van der Waals surface area contributed by atoms with Crippen molar-refractivity contribution in [1.29, 1.82) is 0 Å². The Morgan fingerprint density at radius 2 is 2.00 bits per heavy atom. The van der Waals surface area contributed by atoms with Crippen LogP contribution in [0.3, 0.4) is 0 Å². The first kappa shape index (κ1) is 15.5. The molecule has 3 aromatic rings. The van der Waals surface area contributed by atoms with E-state index in [0.29, 0.717) is 5.48 Å². The summed E-state index contributed by atoms with van der Waals surface area (Å²) in [5.41, 5.74) is 6.21. The minimum absolute atomic E-state index is 0.0439. The van der Waals surface area contributed by atoms with Crippen LogP contribution >= 0.6 is 0 Å². The molecule has 25 heavy (non-hydrogen) atoms. The Kier molecular flexibility index (Phi) is 3.42. The maximum absolute atomic E-state index is 6.11. The van der Waals surface area contributed by atoms with Gasteiger partial charge in [-0.25, -0.2) is 4.98 Å². The van der Waals surface area contributed by atoms with Crippen LogP contribution in [0, 0.1) is 13.8 Å². The van der Waals surface area contributed by atoms with Crippen molar-refractivity contribution in [2.75, 3.05) is 5.32 Å². The van der Waals surface area contributed by atoms with Crippen molar-refractivity contribution in [2.45, 2.75) is 33.8 Å². The van der Waals surface area contributed by atoms with Gasteiger partial charge in [0.25, 0.3) is 0 Å². The second-order valence-electron chi connectivity index (χ2n) is 6.49. The molecule has 2 N–H and O–H groups in total. The van der Waals surface area contributed by atoms with Crippen LogP contribution in [-0.2, 0) is 0 Å². The van der Waals surface area contributed by atoms with Crippen LogP contribution in [0.4, 0.5) is 5.69 Å². The Morgan fingerprint density at radius 1 is 1.20 bits per heavy atom. The van der Waals surface area contributed by atoms with Gasteiger partial charge in [-0.15, -0.1) is 0 Å². The second kappa shape index (κ2) is 5.51. The lowest BCUT2D eigenvalue weighted by Crippen LogP contribution is -2.16. The molecule has 0 saturated carbocycles. The molecule has 0 fully saturated rings.